The van der Waals surface area contributed by atoms with E-state index in [-0.39, 0.29) is 11.9 Å². The van der Waals surface area contributed by atoms with Crippen LogP contribution in [0.25, 0.3) is 22.4 Å². The molecule has 0 saturated carbocycles. The number of hydrogen-bond donors (Lipinski definition) is 1. The van der Waals surface area contributed by atoms with E-state index in [9.17, 15) is 4.79 Å². The smallest absolute Gasteiger partial charge is 0.243 e. The van der Waals surface area contributed by atoms with Crippen LogP contribution < -0.4 is 5.73 Å². The minimum atomic E-state index is -0.152. The number of nitrogens with two attached hydrogens (primary N) is 1. The topological polar surface area (TPSA) is 105 Å². The molecule has 8 nitrogen and oxygen atoms in total. The van der Waals surface area contributed by atoms with Crippen LogP contribution >= 0.6 is 0 Å². The molecule has 114 valence electrons. The highest BCUT2D eigenvalue weighted by atomic mass is 16.2. The van der Waals surface area contributed by atoms with Gasteiger partial charge in [0.25, 0.3) is 0 Å². The highest BCUT2D eigenvalue weighted by Crippen LogP contribution is 2.31. The fourth-order valence-electron chi connectivity index (χ4n) is 2.44. The molecular weight excluding hydrogens is 282 g/mol. The van der Waals surface area contributed by atoms with Crippen LogP contribution in [-0.2, 0) is 0 Å². The van der Waals surface area contributed by atoms with Crippen LogP contribution in [0.4, 0.5) is 5.82 Å². The number of fused-ring (bicyclic) bond motifs is 1. The molecular formula is C14H17N7O. The first-order valence-electron chi connectivity index (χ1n) is 6.96. The van der Waals surface area contributed by atoms with Crippen molar-refractivity contribution in [3.63, 3.8) is 0 Å². The molecule has 0 amide bonds. The molecule has 3 heterocycles. The van der Waals surface area contributed by atoms with Crippen LogP contribution in [0.3, 0.4) is 0 Å². The Balaban J connectivity index is 2.31. The average Bonchev–Trinajstić information content (AvgIpc) is 3.00. The van der Waals surface area contributed by atoms with E-state index in [1.54, 1.807) is 10.7 Å². The van der Waals surface area contributed by atoms with Gasteiger partial charge in [-0.05, 0) is 26.8 Å². The molecule has 0 aliphatic rings. The summed E-state index contributed by atoms with van der Waals surface area (Å²) in [5.41, 5.74) is 8.58. The standard InChI is InChI=1S/C14H17N7O/c1-7(2)20-14-11(13(15)16-6-17-14)12(19-20)10-5-8(3)21(18-10)9(4)22/h5-7H,1-4H3,(H2,15,16,17). The maximum atomic E-state index is 11.6. The number of nitrogens with zero attached hydrogens (tertiary/aromatic N) is 6. The van der Waals surface area contributed by atoms with E-state index in [0.717, 1.165) is 5.69 Å². The molecule has 3 rings (SSSR count). The molecule has 0 aromatic carbocycles. The van der Waals surface area contributed by atoms with Gasteiger partial charge in [-0.2, -0.15) is 10.2 Å². The zero-order valence-electron chi connectivity index (χ0n) is 12.9. The largest absolute Gasteiger partial charge is 0.383 e. The molecule has 0 fully saturated rings. The van der Waals surface area contributed by atoms with Gasteiger partial charge in [-0.1, -0.05) is 0 Å². The zero-order chi connectivity index (χ0) is 16.0. The van der Waals surface area contributed by atoms with Crippen LogP contribution in [0.5, 0.6) is 0 Å². The van der Waals surface area contributed by atoms with Gasteiger partial charge < -0.3 is 5.73 Å². The van der Waals surface area contributed by atoms with Crippen LogP contribution in [0.1, 0.15) is 37.3 Å². The summed E-state index contributed by atoms with van der Waals surface area (Å²) in [4.78, 5) is 19.9. The molecule has 0 unspecified atom stereocenters. The van der Waals surface area contributed by atoms with E-state index in [1.165, 1.54) is 17.9 Å². The predicted molar refractivity (Wildman–Crippen MR) is 82.4 cm³/mol. The third-order valence-corrected chi connectivity index (χ3v) is 3.44. The molecule has 3 aromatic heterocycles. The number of aromatic nitrogens is 6. The molecule has 0 aliphatic carbocycles. The fourth-order valence-corrected chi connectivity index (χ4v) is 2.44. The third-order valence-electron chi connectivity index (χ3n) is 3.44. The van der Waals surface area contributed by atoms with Crippen molar-refractivity contribution in [2.45, 2.75) is 33.7 Å². The van der Waals surface area contributed by atoms with Crippen molar-refractivity contribution >= 4 is 22.8 Å². The summed E-state index contributed by atoms with van der Waals surface area (Å²) in [6.07, 6.45) is 1.42. The summed E-state index contributed by atoms with van der Waals surface area (Å²) in [5, 5.41) is 9.56. The van der Waals surface area contributed by atoms with Gasteiger partial charge in [-0.25, -0.2) is 19.3 Å². The Bertz CT molecular complexity index is 875. The van der Waals surface area contributed by atoms with E-state index in [1.807, 2.05) is 20.8 Å². The second kappa shape index (κ2) is 4.90. The van der Waals surface area contributed by atoms with E-state index >= 15 is 0 Å². The van der Waals surface area contributed by atoms with Gasteiger partial charge in [0.15, 0.2) is 5.65 Å². The monoisotopic (exact) mass is 299 g/mol. The second-order valence-electron chi connectivity index (χ2n) is 5.45. The molecule has 0 aliphatic heterocycles. The summed E-state index contributed by atoms with van der Waals surface area (Å²) in [6, 6.07) is 1.92. The van der Waals surface area contributed by atoms with Crippen LogP contribution in [0.2, 0.25) is 0 Å². The molecule has 2 N–H and O–H groups in total. The summed E-state index contributed by atoms with van der Waals surface area (Å²) in [5.74, 6) is 0.197. The number of hydrogen-bond acceptors (Lipinski definition) is 6. The van der Waals surface area contributed by atoms with Gasteiger partial charge in [0.1, 0.15) is 23.5 Å². The van der Waals surface area contributed by atoms with Crippen molar-refractivity contribution in [2.75, 3.05) is 5.73 Å². The van der Waals surface area contributed by atoms with Gasteiger partial charge in [0.05, 0.1) is 5.39 Å². The lowest BCUT2D eigenvalue weighted by atomic mass is 10.2. The molecule has 0 saturated heterocycles. The fraction of sp³-hybridized carbons (Fsp3) is 0.357. The second-order valence-corrected chi connectivity index (χ2v) is 5.45. The Morgan fingerprint density at radius 1 is 1.27 bits per heavy atom. The van der Waals surface area contributed by atoms with E-state index in [2.05, 4.69) is 20.2 Å². The van der Waals surface area contributed by atoms with Crippen molar-refractivity contribution in [3.8, 4) is 11.4 Å². The zero-order valence-corrected chi connectivity index (χ0v) is 12.9. The molecule has 0 spiro atoms. The molecule has 8 heteroatoms. The number of anilines is 1. The lowest BCUT2D eigenvalue weighted by molar-refractivity contribution is 0.0919. The summed E-state index contributed by atoms with van der Waals surface area (Å²) < 4.78 is 3.13. The quantitative estimate of drug-likeness (QED) is 0.774. The molecule has 3 aromatic rings. The molecule has 0 radical (unpaired) electrons. The van der Waals surface area contributed by atoms with Crippen molar-refractivity contribution in [3.05, 3.63) is 18.1 Å². The van der Waals surface area contributed by atoms with Crippen molar-refractivity contribution in [1.29, 1.82) is 0 Å². The Morgan fingerprint density at radius 3 is 2.59 bits per heavy atom. The van der Waals surface area contributed by atoms with Gasteiger partial charge in [0.2, 0.25) is 5.91 Å². The number of rotatable bonds is 2. The van der Waals surface area contributed by atoms with Gasteiger partial charge >= 0.3 is 0 Å². The molecule has 0 atom stereocenters. The van der Waals surface area contributed by atoms with Gasteiger partial charge in [0, 0.05) is 18.7 Å². The Kier molecular flexibility index (Phi) is 3.16. The first-order chi connectivity index (χ1) is 10.4. The Labute approximate surface area is 127 Å². The SMILES string of the molecule is CC(=O)n1nc(-c2nn(C(C)C)c3ncnc(N)c23)cc1C. The lowest BCUT2D eigenvalue weighted by Gasteiger charge is -2.05. The van der Waals surface area contributed by atoms with E-state index < -0.39 is 0 Å². The van der Waals surface area contributed by atoms with Crippen molar-refractivity contribution in [2.24, 2.45) is 0 Å². The van der Waals surface area contributed by atoms with E-state index in [4.69, 9.17) is 5.73 Å². The van der Waals surface area contributed by atoms with Crippen LogP contribution in [-0.4, -0.2) is 35.4 Å². The number of nitrogen functional groups attached to an aromatic ring is 1. The van der Waals surface area contributed by atoms with Crippen molar-refractivity contribution in [1.82, 2.24) is 29.5 Å². The maximum Gasteiger partial charge on any atom is 0.243 e. The molecule has 22 heavy (non-hydrogen) atoms. The predicted octanol–water partition coefficient (Wildman–Crippen LogP) is 1.82. The number of carbonyl (C=O) groups excluding carboxylic acids is 1. The van der Waals surface area contributed by atoms with Crippen molar-refractivity contribution < 1.29 is 4.79 Å². The van der Waals surface area contributed by atoms with E-state index in [0.29, 0.717) is 28.2 Å². The normalized spacial score (nSPS) is 11.5. The van der Waals surface area contributed by atoms with Gasteiger partial charge in [-0.15, -0.1) is 0 Å². The lowest BCUT2D eigenvalue weighted by Crippen LogP contribution is -2.09. The van der Waals surface area contributed by atoms with Gasteiger partial charge in [-0.3, -0.25) is 4.79 Å². The molecule has 0 bridgehead atoms. The minimum absolute atomic E-state index is 0.113. The minimum Gasteiger partial charge on any atom is -0.383 e. The highest BCUT2D eigenvalue weighted by molar-refractivity contribution is 5.97. The van der Waals surface area contributed by atoms with Crippen LogP contribution in [0.15, 0.2) is 12.4 Å². The third kappa shape index (κ3) is 2.03. The summed E-state index contributed by atoms with van der Waals surface area (Å²) in [6.45, 7) is 7.30. The Hall–Kier alpha value is -2.77. The first kappa shape index (κ1) is 14.2. The maximum absolute atomic E-state index is 11.6. The Morgan fingerprint density at radius 2 is 2.00 bits per heavy atom. The first-order valence-corrected chi connectivity index (χ1v) is 6.96. The summed E-state index contributed by atoms with van der Waals surface area (Å²) in [7, 11) is 0. The summed E-state index contributed by atoms with van der Waals surface area (Å²) >= 11 is 0. The number of carbonyl (C=O) groups is 1. The number of aryl methyl sites for hydroxylation is 1. The highest BCUT2D eigenvalue weighted by Gasteiger charge is 2.21. The van der Waals surface area contributed by atoms with Crippen LogP contribution in [0, 0.1) is 6.92 Å². The average molecular weight is 299 g/mol.